The third kappa shape index (κ3) is 5.63. The van der Waals surface area contributed by atoms with E-state index in [1.807, 2.05) is 53.9 Å². The van der Waals surface area contributed by atoms with Crippen LogP contribution >= 0.6 is 23.5 Å². The van der Waals surface area contributed by atoms with Crippen LogP contribution in [-0.2, 0) is 16.1 Å². The molecule has 0 radical (unpaired) electrons. The lowest BCUT2D eigenvalue weighted by atomic mass is 10.2. The Hall–Kier alpha value is -1.14. The maximum Gasteiger partial charge on any atom is 0.323 e. The van der Waals surface area contributed by atoms with Gasteiger partial charge < -0.3 is 10.0 Å². The summed E-state index contributed by atoms with van der Waals surface area (Å²) in [4.78, 5) is 24.8. The lowest BCUT2D eigenvalue weighted by Crippen LogP contribution is -2.37. The highest BCUT2D eigenvalue weighted by molar-refractivity contribution is 8.06. The van der Waals surface area contributed by atoms with Crippen molar-refractivity contribution in [3.05, 3.63) is 35.9 Å². The van der Waals surface area contributed by atoms with Crippen molar-refractivity contribution >= 4 is 35.4 Å². The minimum absolute atomic E-state index is 0.0683. The number of rotatable bonds is 6. The van der Waals surface area contributed by atoms with Gasteiger partial charge in [-0.2, -0.15) is 23.5 Å². The average molecular weight is 325 g/mol. The van der Waals surface area contributed by atoms with Crippen LogP contribution in [0.3, 0.4) is 0 Å². The molecule has 1 aromatic carbocycles. The van der Waals surface area contributed by atoms with Crippen LogP contribution in [-0.4, -0.2) is 50.9 Å². The first kappa shape index (κ1) is 16.2. The molecule has 1 unspecified atom stereocenters. The molecule has 1 fully saturated rings. The van der Waals surface area contributed by atoms with Gasteiger partial charge in [0, 0.05) is 35.5 Å². The highest BCUT2D eigenvalue weighted by Crippen LogP contribution is 2.27. The topological polar surface area (TPSA) is 57.6 Å². The lowest BCUT2D eigenvalue weighted by molar-refractivity contribution is -0.144. The van der Waals surface area contributed by atoms with Crippen LogP contribution in [0.15, 0.2) is 30.3 Å². The Kier molecular flexibility index (Phi) is 6.45. The van der Waals surface area contributed by atoms with E-state index in [4.69, 9.17) is 5.11 Å². The Bertz CT molecular complexity index is 475. The monoisotopic (exact) mass is 325 g/mol. The van der Waals surface area contributed by atoms with E-state index in [2.05, 4.69) is 0 Å². The van der Waals surface area contributed by atoms with Crippen molar-refractivity contribution in [2.24, 2.45) is 0 Å². The maximum absolute atomic E-state index is 12.4. The number of carboxylic acids is 1. The number of hydrogen-bond acceptors (Lipinski definition) is 4. The molecule has 6 heteroatoms. The lowest BCUT2D eigenvalue weighted by Gasteiger charge is -2.25. The fraction of sp³-hybridized carbons (Fsp3) is 0.467. The summed E-state index contributed by atoms with van der Waals surface area (Å²) < 4.78 is 0. The molecule has 2 rings (SSSR count). The van der Waals surface area contributed by atoms with E-state index in [1.54, 1.807) is 0 Å². The average Bonchev–Trinajstić information content (AvgIpc) is 2.48. The molecular formula is C15H19NO3S2. The fourth-order valence-electron chi connectivity index (χ4n) is 2.18. The number of carbonyl (C=O) groups excluding carboxylic acids is 1. The fourth-order valence-corrected chi connectivity index (χ4v) is 4.85. The van der Waals surface area contributed by atoms with E-state index >= 15 is 0 Å². The van der Waals surface area contributed by atoms with Gasteiger partial charge in [0.15, 0.2) is 0 Å². The van der Waals surface area contributed by atoms with Gasteiger partial charge in [-0.25, -0.2) is 0 Å². The molecule has 1 aromatic rings. The van der Waals surface area contributed by atoms with E-state index in [9.17, 15) is 9.59 Å². The smallest absolute Gasteiger partial charge is 0.323 e. The van der Waals surface area contributed by atoms with Crippen molar-refractivity contribution in [1.82, 2.24) is 4.90 Å². The molecule has 0 spiro atoms. The first-order chi connectivity index (χ1) is 10.1. The first-order valence-electron chi connectivity index (χ1n) is 6.88. The molecule has 1 atom stereocenters. The zero-order chi connectivity index (χ0) is 15.1. The predicted molar refractivity (Wildman–Crippen MR) is 87.7 cm³/mol. The van der Waals surface area contributed by atoms with Crippen LogP contribution in [0.25, 0.3) is 0 Å². The zero-order valence-corrected chi connectivity index (χ0v) is 13.4. The summed E-state index contributed by atoms with van der Waals surface area (Å²) in [5, 5.41) is 9.32. The standard InChI is InChI=1S/C15H19NO3S2/c17-14(8-13-11-20-6-7-21-13)16(10-15(18)19)9-12-4-2-1-3-5-12/h1-5,13H,6-11H2,(H,18,19). The van der Waals surface area contributed by atoms with Crippen LogP contribution in [0.1, 0.15) is 12.0 Å². The van der Waals surface area contributed by atoms with Crippen molar-refractivity contribution in [2.45, 2.75) is 18.2 Å². The number of carboxylic acid groups (broad SMARTS) is 1. The summed E-state index contributed by atoms with van der Waals surface area (Å²) in [6, 6.07) is 9.52. The maximum atomic E-state index is 12.4. The van der Waals surface area contributed by atoms with Crippen molar-refractivity contribution in [2.75, 3.05) is 23.8 Å². The molecule has 1 heterocycles. The number of thioether (sulfide) groups is 2. The van der Waals surface area contributed by atoms with E-state index in [1.165, 1.54) is 4.90 Å². The van der Waals surface area contributed by atoms with Crippen molar-refractivity contribution in [1.29, 1.82) is 0 Å². The van der Waals surface area contributed by atoms with Crippen LogP contribution < -0.4 is 0 Å². The molecule has 4 nitrogen and oxygen atoms in total. The number of benzene rings is 1. The van der Waals surface area contributed by atoms with Crippen LogP contribution in [0.2, 0.25) is 0 Å². The zero-order valence-electron chi connectivity index (χ0n) is 11.7. The molecule has 1 aliphatic heterocycles. The number of amides is 1. The molecule has 114 valence electrons. The Labute approximate surface area is 133 Å². The molecule has 1 aliphatic rings. The number of nitrogens with zero attached hydrogens (tertiary/aromatic N) is 1. The highest BCUT2D eigenvalue weighted by atomic mass is 32.2. The van der Waals surface area contributed by atoms with Crippen LogP contribution in [0.4, 0.5) is 0 Å². The molecule has 0 saturated carbocycles. The molecule has 1 N–H and O–H groups in total. The van der Waals surface area contributed by atoms with Gasteiger partial charge in [0.25, 0.3) is 0 Å². The van der Waals surface area contributed by atoms with Crippen molar-refractivity contribution in [3.8, 4) is 0 Å². The van der Waals surface area contributed by atoms with Gasteiger partial charge >= 0.3 is 5.97 Å². The van der Waals surface area contributed by atoms with Gasteiger partial charge in [-0.1, -0.05) is 30.3 Å². The summed E-state index contributed by atoms with van der Waals surface area (Å²) in [6.07, 6.45) is 0.428. The molecule has 0 bridgehead atoms. The Balaban J connectivity index is 1.97. The quantitative estimate of drug-likeness (QED) is 0.870. The second-order valence-corrected chi connectivity index (χ2v) is 7.46. The molecule has 1 saturated heterocycles. The van der Waals surface area contributed by atoms with Gasteiger partial charge in [0.2, 0.25) is 5.91 Å². The summed E-state index contributed by atoms with van der Waals surface area (Å²) in [6.45, 7) is 0.120. The molecule has 21 heavy (non-hydrogen) atoms. The second-order valence-electron chi connectivity index (χ2n) is 4.90. The van der Waals surface area contributed by atoms with Gasteiger partial charge in [0.1, 0.15) is 6.54 Å². The minimum Gasteiger partial charge on any atom is -0.480 e. The molecule has 1 amide bonds. The first-order valence-corrected chi connectivity index (χ1v) is 9.08. The van der Waals surface area contributed by atoms with Gasteiger partial charge in [-0.3, -0.25) is 9.59 Å². The predicted octanol–water partition coefficient (Wildman–Crippen LogP) is 2.34. The summed E-state index contributed by atoms with van der Waals surface area (Å²) in [5.74, 6) is 2.15. The van der Waals surface area contributed by atoms with Crippen molar-refractivity contribution < 1.29 is 14.7 Å². The number of hydrogen-bond donors (Lipinski definition) is 1. The largest absolute Gasteiger partial charge is 0.480 e. The molecule has 0 aliphatic carbocycles. The summed E-state index contributed by atoms with van der Waals surface area (Å²) >= 11 is 3.69. The van der Waals surface area contributed by atoms with E-state index in [-0.39, 0.29) is 12.5 Å². The van der Waals surface area contributed by atoms with Gasteiger partial charge in [-0.15, -0.1) is 0 Å². The Morgan fingerprint density at radius 1 is 1.24 bits per heavy atom. The normalized spacial score (nSPS) is 18.2. The SMILES string of the molecule is O=C(O)CN(Cc1ccccc1)C(=O)CC1CSCCS1. The van der Waals surface area contributed by atoms with Gasteiger partial charge in [-0.05, 0) is 5.56 Å². The highest BCUT2D eigenvalue weighted by Gasteiger charge is 2.23. The van der Waals surface area contributed by atoms with E-state index in [0.717, 1.165) is 22.8 Å². The second kappa shape index (κ2) is 8.34. The van der Waals surface area contributed by atoms with Gasteiger partial charge in [0.05, 0.1) is 0 Å². The molecule has 0 aromatic heterocycles. The third-order valence-electron chi connectivity index (χ3n) is 3.18. The number of carbonyl (C=O) groups is 2. The summed E-state index contributed by atoms with van der Waals surface area (Å²) in [7, 11) is 0. The summed E-state index contributed by atoms with van der Waals surface area (Å²) in [5.41, 5.74) is 0.956. The van der Waals surface area contributed by atoms with Crippen LogP contribution in [0.5, 0.6) is 0 Å². The third-order valence-corrected chi connectivity index (χ3v) is 6.03. The van der Waals surface area contributed by atoms with E-state index < -0.39 is 5.97 Å². The Morgan fingerprint density at radius 3 is 2.62 bits per heavy atom. The minimum atomic E-state index is -0.968. The van der Waals surface area contributed by atoms with Crippen molar-refractivity contribution in [3.63, 3.8) is 0 Å². The number of aliphatic carboxylic acids is 1. The Morgan fingerprint density at radius 2 is 2.00 bits per heavy atom. The molecular weight excluding hydrogens is 306 g/mol. The van der Waals surface area contributed by atoms with E-state index in [0.29, 0.717) is 18.2 Å². The van der Waals surface area contributed by atoms with Crippen LogP contribution in [0, 0.1) is 0 Å².